The third-order valence-electron chi connectivity index (χ3n) is 3.33. The first-order valence-electron chi connectivity index (χ1n) is 6.55. The molecule has 0 aliphatic carbocycles. The Balaban J connectivity index is 1.93. The summed E-state index contributed by atoms with van der Waals surface area (Å²) in [7, 11) is 1.92. The minimum Gasteiger partial charge on any atom is -0.350 e. The summed E-state index contributed by atoms with van der Waals surface area (Å²) in [4.78, 5) is 20.0. The van der Waals surface area contributed by atoms with Crippen molar-refractivity contribution in [1.82, 2.24) is 25.1 Å². The number of carbonyl (C=O) groups is 1. The molecule has 2 aromatic rings. The molecule has 2 rings (SSSR count). The number of aromatic nitrogens is 4. The zero-order valence-corrected chi connectivity index (χ0v) is 12.3. The van der Waals surface area contributed by atoms with Crippen LogP contribution in [0.5, 0.6) is 0 Å². The molecule has 6 nitrogen and oxygen atoms in total. The third-order valence-corrected chi connectivity index (χ3v) is 3.33. The van der Waals surface area contributed by atoms with Gasteiger partial charge in [0, 0.05) is 25.5 Å². The molecule has 2 aromatic heterocycles. The molecule has 0 unspecified atom stereocenters. The number of amides is 1. The highest BCUT2D eigenvalue weighted by Crippen LogP contribution is 2.11. The van der Waals surface area contributed by atoms with E-state index in [2.05, 4.69) is 20.4 Å². The Bertz CT molecular complexity index is 615. The van der Waals surface area contributed by atoms with Gasteiger partial charge in [0.15, 0.2) is 0 Å². The Hall–Kier alpha value is -2.24. The van der Waals surface area contributed by atoms with Gasteiger partial charge < -0.3 is 5.32 Å². The minimum atomic E-state index is -0.198. The molecular weight excluding hydrogens is 254 g/mol. The normalized spacial score (nSPS) is 10.6. The smallest absolute Gasteiger partial charge is 0.271 e. The first-order valence-corrected chi connectivity index (χ1v) is 6.55. The first kappa shape index (κ1) is 14.2. The summed E-state index contributed by atoms with van der Waals surface area (Å²) in [6, 6.07) is 0. The zero-order valence-electron chi connectivity index (χ0n) is 12.3. The summed E-state index contributed by atoms with van der Waals surface area (Å²) in [5.41, 5.74) is 4.46. The van der Waals surface area contributed by atoms with E-state index in [1.165, 1.54) is 11.8 Å². The van der Waals surface area contributed by atoms with Gasteiger partial charge in [0.2, 0.25) is 0 Å². The van der Waals surface area contributed by atoms with Gasteiger partial charge in [-0.05, 0) is 32.8 Å². The standard InChI is InChI=1S/C14H19N5O/c1-9-7-17-13(8-16-9)14(20)15-6-5-12-10(2)18-19(4)11(12)3/h7-8H,5-6H2,1-4H3,(H,15,20). The molecule has 0 atom stereocenters. The molecule has 0 aliphatic heterocycles. The van der Waals surface area contributed by atoms with Gasteiger partial charge in [-0.1, -0.05) is 0 Å². The van der Waals surface area contributed by atoms with E-state index in [0.29, 0.717) is 12.2 Å². The van der Waals surface area contributed by atoms with Gasteiger partial charge in [0.1, 0.15) is 5.69 Å². The maximum atomic E-state index is 11.9. The molecule has 0 radical (unpaired) electrons. The summed E-state index contributed by atoms with van der Waals surface area (Å²) in [5, 5.41) is 7.21. The fraction of sp³-hybridized carbons (Fsp3) is 0.429. The van der Waals surface area contributed by atoms with Gasteiger partial charge in [-0.3, -0.25) is 14.5 Å². The van der Waals surface area contributed by atoms with Crippen molar-refractivity contribution in [2.24, 2.45) is 7.05 Å². The highest BCUT2D eigenvalue weighted by atomic mass is 16.1. The Kier molecular flexibility index (Phi) is 4.12. The number of aryl methyl sites for hydroxylation is 3. The number of carbonyl (C=O) groups excluding carboxylic acids is 1. The van der Waals surface area contributed by atoms with Crippen molar-refractivity contribution in [2.45, 2.75) is 27.2 Å². The second-order valence-electron chi connectivity index (χ2n) is 4.82. The fourth-order valence-electron chi connectivity index (χ4n) is 2.08. The molecule has 0 bridgehead atoms. The molecule has 106 valence electrons. The number of hydrogen-bond acceptors (Lipinski definition) is 4. The van der Waals surface area contributed by atoms with Crippen LogP contribution in [-0.2, 0) is 13.5 Å². The van der Waals surface area contributed by atoms with Gasteiger partial charge >= 0.3 is 0 Å². The first-order chi connectivity index (χ1) is 9.49. The molecule has 0 saturated carbocycles. The molecule has 0 fully saturated rings. The van der Waals surface area contributed by atoms with Crippen LogP contribution >= 0.6 is 0 Å². The lowest BCUT2D eigenvalue weighted by molar-refractivity contribution is 0.0948. The summed E-state index contributed by atoms with van der Waals surface area (Å²) >= 11 is 0. The highest BCUT2D eigenvalue weighted by molar-refractivity contribution is 5.91. The molecule has 0 aromatic carbocycles. The minimum absolute atomic E-state index is 0.198. The third kappa shape index (κ3) is 3.01. The van der Waals surface area contributed by atoms with E-state index >= 15 is 0 Å². The van der Waals surface area contributed by atoms with Crippen molar-refractivity contribution in [3.05, 3.63) is 40.7 Å². The SMILES string of the molecule is Cc1cnc(C(=O)NCCc2c(C)nn(C)c2C)cn1. The zero-order chi connectivity index (χ0) is 14.7. The highest BCUT2D eigenvalue weighted by Gasteiger charge is 2.11. The van der Waals surface area contributed by atoms with Crippen LogP contribution < -0.4 is 5.32 Å². The predicted octanol–water partition coefficient (Wildman–Crippen LogP) is 1.11. The van der Waals surface area contributed by atoms with E-state index < -0.39 is 0 Å². The molecule has 0 saturated heterocycles. The number of nitrogens with one attached hydrogen (secondary N) is 1. The topological polar surface area (TPSA) is 72.7 Å². The van der Waals surface area contributed by atoms with Crippen molar-refractivity contribution in [3.8, 4) is 0 Å². The number of rotatable bonds is 4. The van der Waals surface area contributed by atoms with Crippen LogP contribution in [0.2, 0.25) is 0 Å². The Morgan fingerprint density at radius 2 is 2.00 bits per heavy atom. The lowest BCUT2D eigenvalue weighted by Gasteiger charge is -2.05. The summed E-state index contributed by atoms with van der Waals surface area (Å²) in [6.45, 7) is 6.41. The van der Waals surface area contributed by atoms with E-state index in [1.807, 2.05) is 32.5 Å². The van der Waals surface area contributed by atoms with Gasteiger partial charge in [0.05, 0.1) is 17.6 Å². The second-order valence-corrected chi connectivity index (χ2v) is 4.82. The molecule has 20 heavy (non-hydrogen) atoms. The van der Waals surface area contributed by atoms with Crippen molar-refractivity contribution in [2.75, 3.05) is 6.54 Å². The van der Waals surface area contributed by atoms with E-state index in [-0.39, 0.29) is 5.91 Å². The van der Waals surface area contributed by atoms with Crippen molar-refractivity contribution in [1.29, 1.82) is 0 Å². The summed E-state index contributed by atoms with van der Waals surface area (Å²) in [6.07, 6.45) is 3.84. The number of hydrogen-bond donors (Lipinski definition) is 1. The molecular formula is C14H19N5O. The lowest BCUT2D eigenvalue weighted by Crippen LogP contribution is -2.27. The van der Waals surface area contributed by atoms with E-state index in [4.69, 9.17) is 0 Å². The average molecular weight is 273 g/mol. The maximum absolute atomic E-state index is 11.9. The molecule has 1 amide bonds. The van der Waals surface area contributed by atoms with Crippen LogP contribution in [0, 0.1) is 20.8 Å². The molecule has 2 heterocycles. The van der Waals surface area contributed by atoms with E-state index in [0.717, 1.165) is 23.5 Å². The second kappa shape index (κ2) is 5.81. The van der Waals surface area contributed by atoms with Crippen LogP contribution in [-0.4, -0.2) is 32.2 Å². The Labute approximate surface area is 118 Å². The van der Waals surface area contributed by atoms with Gasteiger partial charge in [-0.2, -0.15) is 5.10 Å². The molecule has 6 heteroatoms. The molecule has 0 aliphatic rings. The van der Waals surface area contributed by atoms with Gasteiger partial charge in [0.25, 0.3) is 5.91 Å². The lowest BCUT2D eigenvalue weighted by atomic mass is 10.1. The predicted molar refractivity (Wildman–Crippen MR) is 75.5 cm³/mol. The van der Waals surface area contributed by atoms with Crippen LogP contribution in [0.25, 0.3) is 0 Å². The molecule has 1 N–H and O–H groups in total. The monoisotopic (exact) mass is 273 g/mol. The van der Waals surface area contributed by atoms with Crippen LogP contribution in [0.4, 0.5) is 0 Å². The number of nitrogens with zero attached hydrogens (tertiary/aromatic N) is 4. The van der Waals surface area contributed by atoms with Crippen LogP contribution in [0.1, 0.15) is 33.1 Å². The Morgan fingerprint density at radius 3 is 2.55 bits per heavy atom. The fourth-order valence-corrected chi connectivity index (χ4v) is 2.08. The maximum Gasteiger partial charge on any atom is 0.271 e. The summed E-state index contributed by atoms with van der Waals surface area (Å²) in [5.74, 6) is -0.198. The molecule has 0 spiro atoms. The van der Waals surface area contributed by atoms with Gasteiger partial charge in [-0.25, -0.2) is 4.98 Å². The summed E-state index contributed by atoms with van der Waals surface area (Å²) < 4.78 is 1.86. The van der Waals surface area contributed by atoms with Crippen molar-refractivity contribution >= 4 is 5.91 Å². The largest absolute Gasteiger partial charge is 0.350 e. The van der Waals surface area contributed by atoms with Crippen molar-refractivity contribution in [3.63, 3.8) is 0 Å². The van der Waals surface area contributed by atoms with Gasteiger partial charge in [-0.15, -0.1) is 0 Å². The van der Waals surface area contributed by atoms with E-state index in [1.54, 1.807) is 6.20 Å². The van der Waals surface area contributed by atoms with Crippen LogP contribution in [0.15, 0.2) is 12.4 Å². The van der Waals surface area contributed by atoms with Crippen molar-refractivity contribution < 1.29 is 4.79 Å². The van der Waals surface area contributed by atoms with Crippen LogP contribution in [0.3, 0.4) is 0 Å². The quantitative estimate of drug-likeness (QED) is 0.905. The Morgan fingerprint density at radius 1 is 1.25 bits per heavy atom. The van der Waals surface area contributed by atoms with E-state index in [9.17, 15) is 4.79 Å². The average Bonchev–Trinajstić information content (AvgIpc) is 2.65.